The van der Waals surface area contributed by atoms with E-state index in [1.807, 2.05) is 6.92 Å². The minimum atomic E-state index is 0.465. The maximum Gasteiger partial charge on any atom is -0.0162 e. The molecule has 0 aromatic rings. The Morgan fingerprint density at radius 1 is 0.679 bits per heavy atom. The largest absolute Gasteiger partial charge is 0.0950 e. The monoisotopic (exact) mass is 388 g/mol. The molecule has 0 heteroatoms. The molecule has 0 saturated heterocycles. The summed E-state index contributed by atoms with van der Waals surface area (Å²) >= 11 is 0. The highest BCUT2D eigenvalue weighted by atomic mass is 14.4. The van der Waals surface area contributed by atoms with Crippen LogP contribution in [0.4, 0.5) is 0 Å². The molecule has 0 saturated carbocycles. The van der Waals surface area contributed by atoms with Crippen LogP contribution in [0.5, 0.6) is 0 Å². The Kier molecular flexibility index (Phi) is 12.4. The van der Waals surface area contributed by atoms with E-state index in [4.69, 9.17) is 0 Å². The Balaban J connectivity index is 5.30. The Morgan fingerprint density at radius 3 is 1.57 bits per heavy atom. The van der Waals surface area contributed by atoms with Crippen LogP contribution in [0.2, 0.25) is 0 Å². The van der Waals surface area contributed by atoms with Gasteiger partial charge < -0.3 is 0 Å². The van der Waals surface area contributed by atoms with E-state index in [-0.39, 0.29) is 0 Å². The van der Waals surface area contributed by atoms with E-state index in [0.29, 0.717) is 17.8 Å². The van der Waals surface area contributed by atoms with Gasteiger partial charge in [0.05, 0.1) is 0 Å². The Bertz CT molecular complexity index is 496. The average molecular weight is 389 g/mol. The van der Waals surface area contributed by atoms with Crippen LogP contribution >= 0.6 is 0 Å². The fraction of sp³-hybridized carbons (Fsp3) is 0.786. The van der Waals surface area contributed by atoms with Crippen molar-refractivity contribution in [1.29, 1.82) is 0 Å². The summed E-state index contributed by atoms with van der Waals surface area (Å²) in [4.78, 5) is 0. The van der Waals surface area contributed by atoms with Crippen LogP contribution in [0.15, 0.2) is 36.5 Å². The fourth-order valence-electron chi connectivity index (χ4n) is 5.22. The molecule has 0 aliphatic carbocycles. The zero-order chi connectivity index (χ0) is 22.2. The lowest BCUT2D eigenvalue weighted by Gasteiger charge is -2.41. The molecule has 28 heavy (non-hydrogen) atoms. The second-order valence-electron chi connectivity index (χ2n) is 9.95. The number of hydrogen-bond donors (Lipinski definition) is 0. The standard InChI is InChI=1S/C28H52/c1-14-17-19(5)21(7)23(9)25(11)27(13)28(16-3)26(12)24(10)22(8)20(6)18(4)15-2/h14,17-18,20,22-28H,5,7,15-16H2,1-4,6,8-13H3. The lowest BCUT2D eigenvalue weighted by atomic mass is 9.64. The van der Waals surface area contributed by atoms with E-state index in [1.165, 1.54) is 18.4 Å². The lowest BCUT2D eigenvalue weighted by Crippen LogP contribution is -2.35. The molecule has 0 aromatic carbocycles. The number of rotatable bonds is 13. The topological polar surface area (TPSA) is 0 Å². The average Bonchev–Trinajstić information content (AvgIpc) is 2.69. The van der Waals surface area contributed by atoms with Crippen molar-refractivity contribution in [3.8, 4) is 0 Å². The number of allylic oxidation sites excluding steroid dienone is 4. The van der Waals surface area contributed by atoms with E-state index in [0.717, 1.165) is 41.1 Å². The smallest absolute Gasteiger partial charge is 0.0162 e. The van der Waals surface area contributed by atoms with Gasteiger partial charge in [-0.2, -0.15) is 0 Å². The van der Waals surface area contributed by atoms with Crippen LogP contribution in [0.25, 0.3) is 0 Å². The quantitative estimate of drug-likeness (QED) is 0.276. The molecule has 0 aromatic heterocycles. The molecule has 0 N–H and O–H groups in total. The van der Waals surface area contributed by atoms with Gasteiger partial charge in [0.1, 0.15) is 0 Å². The molecule has 0 nitrogen and oxygen atoms in total. The van der Waals surface area contributed by atoms with Gasteiger partial charge in [-0.3, -0.25) is 0 Å². The fourth-order valence-corrected chi connectivity index (χ4v) is 5.22. The predicted octanol–water partition coefficient (Wildman–Crippen LogP) is 9.20. The number of hydrogen-bond acceptors (Lipinski definition) is 0. The van der Waals surface area contributed by atoms with Crippen molar-refractivity contribution in [2.24, 2.45) is 53.3 Å². The summed E-state index contributed by atoms with van der Waals surface area (Å²) in [5, 5.41) is 0. The molecular formula is C28H52. The van der Waals surface area contributed by atoms with Crippen LogP contribution < -0.4 is 0 Å². The summed E-state index contributed by atoms with van der Waals surface area (Å²) in [6.45, 7) is 35.0. The van der Waals surface area contributed by atoms with Gasteiger partial charge in [-0.15, -0.1) is 0 Å². The molecule has 9 unspecified atom stereocenters. The van der Waals surface area contributed by atoms with E-state index < -0.39 is 0 Å². The first-order valence-corrected chi connectivity index (χ1v) is 12.0. The van der Waals surface area contributed by atoms with Crippen LogP contribution in [0.3, 0.4) is 0 Å². The van der Waals surface area contributed by atoms with Crippen molar-refractivity contribution < 1.29 is 0 Å². The molecular weight excluding hydrogens is 336 g/mol. The van der Waals surface area contributed by atoms with E-state index in [1.54, 1.807) is 0 Å². The summed E-state index contributed by atoms with van der Waals surface area (Å²) < 4.78 is 0. The molecule has 0 heterocycles. The van der Waals surface area contributed by atoms with E-state index in [2.05, 4.69) is 94.5 Å². The van der Waals surface area contributed by atoms with Gasteiger partial charge in [-0.05, 0) is 71.3 Å². The first-order chi connectivity index (χ1) is 13.0. The Labute approximate surface area is 179 Å². The molecule has 0 aliphatic rings. The molecule has 9 atom stereocenters. The molecule has 164 valence electrons. The predicted molar refractivity (Wildman–Crippen MR) is 130 cm³/mol. The normalized spacial score (nSPS) is 22.0. The van der Waals surface area contributed by atoms with Crippen LogP contribution in [0.1, 0.15) is 89.0 Å². The van der Waals surface area contributed by atoms with Gasteiger partial charge in [-0.25, -0.2) is 0 Å². The van der Waals surface area contributed by atoms with E-state index in [9.17, 15) is 0 Å². The highest BCUT2D eigenvalue weighted by Crippen LogP contribution is 2.42. The summed E-state index contributed by atoms with van der Waals surface area (Å²) in [6, 6.07) is 0. The zero-order valence-corrected chi connectivity index (χ0v) is 21.2. The van der Waals surface area contributed by atoms with Crippen LogP contribution in [-0.2, 0) is 0 Å². The Morgan fingerprint density at radius 2 is 1.14 bits per heavy atom. The third-order valence-electron chi connectivity index (χ3n) is 8.80. The Hall–Kier alpha value is -0.780. The van der Waals surface area contributed by atoms with Crippen molar-refractivity contribution in [2.75, 3.05) is 0 Å². The summed E-state index contributed by atoms with van der Waals surface area (Å²) in [7, 11) is 0. The van der Waals surface area contributed by atoms with Gasteiger partial charge >= 0.3 is 0 Å². The molecule has 0 bridgehead atoms. The minimum Gasteiger partial charge on any atom is -0.0950 e. The third-order valence-corrected chi connectivity index (χ3v) is 8.80. The van der Waals surface area contributed by atoms with Crippen LogP contribution in [0, 0.1) is 53.3 Å². The molecule has 0 radical (unpaired) electrons. The van der Waals surface area contributed by atoms with Crippen molar-refractivity contribution in [2.45, 2.75) is 89.0 Å². The highest BCUT2D eigenvalue weighted by Gasteiger charge is 2.35. The molecule has 0 amide bonds. The van der Waals surface area contributed by atoms with Gasteiger partial charge in [0, 0.05) is 0 Å². The van der Waals surface area contributed by atoms with Crippen molar-refractivity contribution >= 4 is 0 Å². The van der Waals surface area contributed by atoms with Crippen molar-refractivity contribution in [3.05, 3.63) is 36.5 Å². The molecule has 0 aliphatic heterocycles. The maximum atomic E-state index is 4.37. The van der Waals surface area contributed by atoms with E-state index >= 15 is 0 Å². The summed E-state index contributed by atoms with van der Waals surface area (Å²) in [6.07, 6.45) is 6.70. The second-order valence-corrected chi connectivity index (χ2v) is 9.95. The summed E-state index contributed by atoms with van der Waals surface area (Å²) in [5.41, 5.74) is 2.28. The highest BCUT2D eigenvalue weighted by molar-refractivity contribution is 5.36. The molecule has 0 fully saturated rings. The van der Waals surface area contributed by atoms with Gasteiger partial charge in [0.2, 0.25) is 0 Å². The summed E-state index contributed by atoms with van der Waals surface area (Å²) in [5.74, 6) is 6.35. The minimum absolute atomic E-state index is 0.465. The van der Waals surface area contributed by atoms with Gasteiger partial charge in [0.15, 0.2) is 0 Å². The second kappa shape index (κ2) is 12.7. The van der Waals surface area contributed by atoms with Crippen molar-refractivity contribution in [1.82, 2.24) is 0 Å². The van der Waals surface area contributed by atoms with Gasteiger partial charge in [-0.1, -0.05) is 107 Å². The first-order valence-electron chi connectivity index (χ1n) is 12.0. The lowest BCUT2D eigenvalue weighted by molar-refractivity contribution is 0.0824. The van der Waals surface area contributed by atoms with Gasteiger partial charge in [0.25, 0.3) is 0 Å². The van der Waals surface area contributed by atoms with Crippen LogP contribution in [-0.4, -0.2) is 0 Å². The zero-order valence-electron chi connectivity index (χ0n) is 21.2. The SMILES string of the molecule is C=C(C=CC)C(=C)C(C)C(C)C(C)C(CC)C(C)C(C)C(C)C(C)C(C)CC. The molecule has 0 spiro atoms. The first kappa shape index (κ1) is 27.2. The molecule has 0 rings (SSSR count). The maximum absolute atomic E-state index is 4.37. The third kappa shape index (κ3) is 6.93. The van der Waals surface area contributed by atoms with Crippen molar-refractivity contribution in [3.63, 3.8) is 0 Å².